The van der Waals surface area contributed by atoms with Crippen molar-refractivity contribution >= 4 is 5.91 Å². The summed E-state index contributed by atoms with van der Waals surface area (Å²) in [6.07, 6.45) is 7.42. The Morgan fingerprint density at radius 3 is 2.36 bits per heavy atom. The van der Waals surface area contributed by atoms with Crippen LogP contribution in [0.25, 0.3) is 0 Å². The molecule has 2 unspecified atom stereocenters. The van der Waals surface area contributed by atoms with Crippen LogP contribution in [0.4, 0.5) is 0 Å². The summed E-state index contributed by atoms with van der Waals surface area (Å²) in [5.41, 5.74) is 2.57. The van der Waals surface area contributed by atoms with Crippen LogP contribution in [0, 0.1) is 18.3 Å². The summed E-state index contributed by atoms with van der Waals surface area (Å²) in [6.45, 7) is 8.63. The molecule has 0 saturated carbocycles. The van der Waals surface area contributed by atoms with E-state index in [0.717, 1.165) is 12.8 Å². The molecule has 0 spiro atoms. The smallest absolute Gasteiger partial charge is 0.237 e. The summed E-state index contributed by atoms with van der Waals surface area (Å²) < 4.78 is 0. The second-order valence-electron chi connectivity index (χ2n) is 6.02. The number of hydrogen-bond acceptors (Lipinski definition) is 2. The van der Waals surface area contributed by atoms with Gasteiger partial charge in [0.15, 0.2) is 0 Å². The molecule has 3 heteroatoms. The lowest BCUT2D eigenvalue weighted by Crippen LogP contribution is -2.44. The maximum atomic E-state index is 12.0. The van der Waals surface area contributed by atoms with Crippen molar-refractivity contribution < 1.29 is 4.79 Å². The van der Waals surface area contributed by atoms with Gasteiger partial charge in [0.25, 0.3) is 0 Å². The lowest BCUT2D eigenvalue weighted by molar-refractivity contribution is -0.122. The fourth-order valence-electron chi connectivity index (χ4n) is 2.49. The summed E-state index contributed by atoms with van der Waals surface area (Å²) in [6, 6.07) is 8.54. The lowest BCUT2D eigenvalue weighted by atomic mass is 9.94. The minimum atomic E-state index is -0.281. The molecule has 1 aromatic rings. The van der Waals surface area contributed by atoms with Crippen LogP contribution in [-0.4, -0.2) is 18.5 Å². The fraction of sp³-hybridized carbons (Fsp3) is 0.526. The molecule has 2 atom stereocenters. The molecule has 0 aliphatic carbocycles. The maximum Gasteiger partial charge on any atom is 0.237 e. The number of hydrogen-bond donors (Lipinski definition) is 2. The molecule has 0 aromatic heterocycles. The van der Waals surface area contributed by atoms with Crippen LogP contribution in [0.2, 0.25) is 0 Å². The van der Waals surface area contributed by atoms with E-state index in [9.17, 15) is 4.79 Å². The second-order valence-corrected chi connectivity index (χ2v) is 6.02. The molecular weight excluding hydrogens is 272 g/mol. The zero-order valence-corrected chi connectivity index (χ0v) is 14.1. The van der Waals surface area contributed by atoms with E-state index in [1.54, 1.807) is 0 Å². The molecule has 0 bridgehead atoms. The molecule has 22 heavy (non-hydrogen) atoms. The highest BCUT2D eigenvalue weighted by atomic mass is 16.2. The number of carbonyl (C=O) groups is 1. The van der Waals surface area contributed by atoms with Crippen LogP contribution in [-0.2, 0) is 11.2 Å². The van der Waals surface area contributed by atoms with E-state index in [1.165, 1.54) is 11.1 Å². The molecular formula is C19H28N2O. The molecule has 0 heterocycles. The van der Waals surface area contributed by atoms with Crippen molar-refractivity contribution in [1.82, 2.24) is 10.6 Å². The minimum Gasteiger partial charge on any atom is -0.344 e. The summed E-state index contributed by atoms with van der Waals surface area (Å²) in [5, 5.41) is 6.13. The zero-order valence-electron chi connectivity index (χ0n) is 14.1. The Bertz CT molecular complexity index is 499. The average molecular weight is 300 g/mol. The van der Waals surface area contributed by atoms with Crippen molar-refractivity contribution in [3.63, 3.8) is 0 Å². The first kappa shape index (κ1) is 18.3. The molecule has 2 N–H and O–H groups in total. The van der Waals surface area contributed by atoms with Gasteiger partial charge in [-0.2, -0.15) is 0 Å². The normalized spacial score (nSPS) is 13.5. The van der Waals surface area contributed by atoms with Crippen LogP contribution in [0.1, 0.15) is 51.3 Å². The van der Waals surface area contributed by atoms with Crippen LogP contribution in [0.15, 0.2) is 24.3 Å². The van der Waals surface area contributed by atoms with Crippen LogP contribution >= 0.6 is 0 Å². The van der Waals surface area contributed by atoms with Gasteiger partial charge < -0.3 is 5.32 Å². The van der Waals surface area contributed by atoms with E-state index in [-0.39, 0.29) is 24.5 Å². The minimum absolute atomic E-state index is 0.0637. The Morgan fingerprint density at radius 1 is 1.23 bits per heavy atom. The van der Waals surface area contributed by atoms with E-state index < -0.39 is 0 Å². The first-order chi connectivity index (χ1) is 10.5. The van der Waals surface area contributed by atoms with Gasteiger partial charge in [-0.1, -0.05) is 57.4 Å². The molecule has 120 valence electrons. The Labute approximate surface area is 134 Å². The fourth-order valence-corrected chi connectivity index (χ4v) is 2.49. The Hall–Kier alpha value is -1.79. The summed E-state index contributed by atoms with van der Waals surface area (Å²) >= 11 is 0. The van der Waals surface area contributed by atoms with Gasteiger partial charge in [-0.05, 0) is 30.4 Å². The zero-order chi connectivity index (χ0) is 16.5. The SMILES string of the molecule is C#CCNC(=O)C(C)NC(c1ccc(CCC)cc1)C(C)C. The molecule has 3 nitrogen and oxygen atoms in total. The second kappa shape index (κ2) is 9.27. The summed E-state index contributed by atoms with van der Waals surface area (Å²) in [4.78, 5) is 12.0. The van der Waals surface area contributed by atoms with Crippen LogP contribution in [0.3, 0.4) is 0 Å². The third-order valence-corrected chi connectivity index (χ3v) is 3.73. The summed E-state index contributed by atoms with van der Waals surface area (Å²) in [7, 11) is 0. The molecule has 0 fully saturated rings. The summed E-state index contributed by atoms with van der Waals surface area (Å²) in [5.74, 6) is 2.74. The first-order valence-electron chi connectivity index (χ1n) is 8.05. The molecule has 1 rings (SSSR count). The molecule has 0 saturated heterocycles. The van der Waals surface area contributed by atoms with Gasteiger partial charge in [0.1, 0.15) is 0 Å². The van der Waals surface area contributed by atoms with Gasteiger partial charge in [-0.25, -0.2) is 0 Å². The van der Waals surface area contributed by atoms with Crippen molar-refractivity contribution in [2.75, 3.05) is 6.54 Å². The number of aryl methyl sites for hydroxylation is 1. The number of rotatable bonds is 8. The average Bonchev–Trinajstić information content (AvgIpc) is 2.51. The van der Waals surface area contributed by atoms with E-state index in [0.29, 0.717) is 5.92 Å². The Kier molecular flexibility index (Phi) is 7.70. The Balaban J connectivity index is 2.77. The van der Waals surface area contributed by atoms with Gasteiger partial charge >= 0.3 is 0 Å². The Morgan fingerprint density at radius 2 is 1.86 bits per heavy atom. The monoisotopic (exact) mass is 300 g/mol. The van der Waals surface area contributed by atoms with Crippen LogP contribution in [0.5, 0.6) is 0 Å². The molecule has 1 amide bonds. The van der Waals surface area contributed by atoms with Crippen molar-refractivity contribution in [3.8, 4) is 12.3 Å². The number of benzene rings is 1. The van der Waals surface area contributed by atoms with Crippen molar-refractivity contribution in [2.45, 2.75) is 52.6 Å². The quantitative estimate of drug-likeness (QED) is 0.725. The van der Waals surface area contributed by atoms with E-state index in [1.807, 2.05) is 6.92 Å². The molecule has 0 aliphatic heterocycles. The van der Waals surface area contributed by atoms with Crippen molar-refractivity contribution in [1.29, 1.82) is 0 Å². The van der Waals surface area contributed by atoms with Gasteiger partial charge in [0.05, 0.1) is 12.6 Å². The topological polar surface area (TPSA) is 41.1 Å². The molecule has 0 radical (unpaired) electrons. The van der Waals surface area contributed by atoms with Crippen molar-refractivity contribution in [3.05, 3.63) is 35.4 Å². The van der Waals surface area contributed by atoms with E-state index in [2.05, 4.69) is 61.6 Å². The highest BCUT2D eigenvalue weighted by molar-refractivity contribution is 5.81. The van der Waals surface area contributed by atoms with Gasteiger partial charge in [-0.3, -0.25) is 10.1 Å². The van der Waals surface area contributed by atoms with Crippen LogP contribution < -0.4 is 10.6 Å². The molecule has 0 aliphatic rings. The highest BCUT2D eigenvalue weighted by Crippen LogP contribution is 2.23. The number of terminal acetylenes is 1. The van der Waals surface area contributed by atoms with Crippen molar-refractivity contribution in [2.24, 2.45) is 5.92 Å². The first-order valence-corrected chi connectivity index (χ1v) is 8.05. The molecule has 1 aromatic carbocycles. The van der Waals surface area contributed by atoms with Gasteiger partial charge in [-0.15, -0.1) is 6.42 Å². The largest absolute Gasteiger partial charge is 0.344 e. The predicted molar refractivity (Wildman–Crippen MR) is 92.5 cm³/mol. The lowest BCUT2D eigenvalue weighted by Gasteiger charge is -2.26. The third-order valence-electron chi connectivity index (χ3n) is 3.73. The van der Waals surface area contributed by atoms with Gasteiger partial charge in [0, 0.05) is 6.04 Å². The highest BCUT2D eigenvalue weighted by Gasteiger charge is 2.21. The third kappa shape index (κ3) is 5.54. The van der Waals surface area contributed by atoms with Gasteiger partial charge in [0.2, 0.25) is 5.91 Å². The number of carbonyl (C=O) groups excluding carboxylic acids is 1. The number of amides is 1. The van der Waals surface area contributed by atoms with E-state index >= 15 is 0 Å². The van der Waals surface area contributed by atoms with E-state index in [4.69, 9.17) is 6.42 Å². The number of nitrogens with one attached hydrogen (secondary N) is 2. The predicted octanol–water partition coefficient (Wildman–Crippen LogP) is 3.06. The standard InChI is InChI=1S/C19H28N2O/c1-6-8-16-9-11-17(12-10-16)18(14(3)4)21-15(5)19(22)20-13-7-2/h2,9-12,14-15,18,21H,6,8,13H2,1,3-5H3,(H,20,22). The maximum absolute atomic E-state index is 12.0.